The molecule has 0 aromatic heterocycles. The standard InChI is InChI=1S/C13H11F2N3O/c1-2-6-18-10(12(16)17-13(18)19)8-4-3-5-9(7-8)11(14)15/h1,3-5,7,10-11H,6H2,(H2,16,17,19). The fourth-order valence-electron chi connectivity index (χ4n) is 1.98. The molecule has 2 rings (SSSR count). The number of benzene rings is 1. The summed E-state index contributed by atoms with van der Waals surface area (Å²) in [4.78, 5) is 16.5. The van der Waals surface area contributed by atoms with Crippen LogP contribution in [0.25, 0.3) is 0 Å². The number of carbonyl (C=O) groups excluding carboxylic acids is 1. The number of hydrogen-bond acceptors (Lipinski definition) is 2. The van der Waals surface area contributed by atoms with Crippen LogP contribution in [-0.2, 0) is 0 Å². The summed E-state index contributed by atoms with van der Waals surface area (Å²) < 4.78 is 25.4. The molecular formula is C13H11F2N3O. The molecule has 0 aliphatic carbocycles. The van der Waals surface area contributed by atoms with Gasteiger partial charge in [0.25, 0.3) is 6.43 Å². The molecule has 1 aliphatic heterocycles. The first-order valence-electron chi connectivity index (χ1n) is 5.50. The average Bonchev–Trinajstić information content (AvgIpc) is 2.65. The molecule has 1 unspecified atom stereocenters. The van der Waals surface area contributed by atoms with Gasteiger partial charge in [-0.2, -0.15) is 4.99 Å². The maximum absolute atomic E-state index is 12.7. The van der Waals surface area contributed by atoms with Gasteiger partial charge in [0.2, 0.25) is 0 Å². The molecule has 0 fully saturated rings. The maximum Gasteiger partial charge on any atom is 0.346 e. The molecule has 1 aromatic carbocycles. The van der Waals surface area contributed by atoms with Crippen LogP contribution in [0.3, 0.4) is 0 Å². The van der Waals surface area contributed by atoms with Gasteiger partial charge in [-0.3, -0.25) is 4.90 Å². The van der Waals surface area contributed by atoms with Gasteiger partial charge in [-0.1, -0.05) is 24.1 Å². The van der Waals surface area contributed by atoms with Crippen molar-refractivity contribution < 1.29 is 13.6 Å². The first-order chi connectivity index (χ1) is 9.04. The van der Waals surface area contributed by atoms with Crippen LogP contribution in [0, 0.1) is 12.3 Å². The number of nitrogens with two attached hydrogens (primary N) is 1. The highest BCUT2D eigenvalue weighted by Crippen LogP contribution is 2.29. The predicted molar refractivity (Wildman–Crippen MR) is 66.7 cm³/mol. The molecule has 0 saturated carbocycles. The number of amidine groups is 1. The summed E-state index contributed by atoms with van der Waals surface area (Å²) in [6.07, 6.45) is 2.59. The quantitative estimate of drug-likeness (QED) is 0.849. The number of alkyl halides is 2. The number of aliphatic imine (C=N–C) groups is 1. The van der Waals surface area contributed by atoms with Gasteiger partial charge in [-0.05, 0) is 11.6 Å². The summed E-state index contributed by atoms with van der Waals surface area (Å²) in [5.41, 5.74) is 6.02. The Balaban J connectivity index is 2.39. The molecule has 0 radical (unpaired) electrons. The van der Waals surface area contributed by atoms with Crippen molar-refractivity contribution in [3.05, 3.63) is 35.4 Å². The van der Waals surface area contributed by atoms with Crippen LogP contribution in [0.15, 0.2) is 29.3 Å². The molecule has 98 valence electrons. The zero-order valence-corrected chi connectivity index (χ0v) is 9.88. The van der Waals surface area contributed by atoms with Crippen molar-refractivity contribution in [2.24, 2.45) is 10.7 Å². The Hall–Kier alpha value is -2.42. The number of halogens is 2. The van der Waals surface area contributed by atoms with E-state index in [4.69, 9.17) is 12.2 Å². The molecule has 0 saturated heterocycles. The van der Waals surface area contributed by atoms with Crippen molar-refractivity contribution in [3.63, 3.8) is 0 Å². The van der Waals surface area contributed by atoms with Gasteiger partial charge in [-0.15, -0.1) is 6.42 Å². The van der Waals surface area contributed by atoms with Crippen molar-refractivity contribution in [2.75, 3.05) is 6.54 Å². The van der Waals surface area contributed by atoms with Crippen LogP contribution in [-0.4, -0.2) is 23.3 Å². The van der Waals surface area contributed by atoms with E-state index in [9.17, 15) is 13.6 Å². The fraction of sp³-hybridized carbons (Fsp3) is 0.231. The van der Waals surface area contributed by atoms with Crippen molar-refractivity contribution >= 4 is 11.9 Å². The third-order valence-corrected chi connectivity index (χ3v) is 2.80. The first-order valence-corrected chi connectivity index (χ1v) is 5.50. The zero-order chi connectivity index (χ0) is 14.0. The molecule has 0 bridgehead atoms. The Labute approximate surface area is 108 Å². The van der Waals surface area contributed by atoms with E-state index >= 15 is 0 Å². The maximum atomic E-state index is 12.7. The third-order valence-electron chi connectivity index (χ3n) is 2.80. The van der Waals surface area contributed by atoms with Gasteiger partial charge in [0, 0.05) is 5.56 Å². The summed E-state index contributed by atoms with van der Waals surface area (Å²) in [6, 6.07) is 4.48. The van der Waals surface area contributed by atoms with Crippen LogP contribution in [0.5, 0.6) is 0 Å². The van der Waals surface area contributed by atoms with Gasteiger partial charge < -0.3 is 5.73 Å². The molecule has 1 heterocycles. The fourth-order valence-corrected chi connectivity index (χ4v) is 1.98. The topological polar surface area (TPSA) is 58.7 Å². The second-order valence-corrected chi connectivity index (χ2v) is 4.02. The van der Waals surface area contributed by atoms with Crippen LogP contribution >= 0.6 is 0 Å². The van der Waals surface area contributed by atoms with E-state index in [1.807, 2.05) is 0 Å². The molecule has 6 heteroatoms. The number of rotatable bonds is 3. The molecule has 2 N–H and O–H groups in total. The second-order valence-electron chi connectivity index (χ2n) is 4.02. The lowest BCUT2D eigenvalue weighted by Gasteiger charge is -2.22. The SMILES string of the molecule is C#CCN1C(=O)N=C(N)C1c1cccc(C(F)F)c1. The molecule has 1 atom stereocenters. The first kappa shape index (κ1) is 13.0. The second kappa shape index (κ2) is 5.06. The normalized spacial score (nSPS) is 18.6. The Kier molecular flexibility index (Phi) is 3.47. The van der Waals surface area contributed by atoms with Crippen LogP contribution in [0.4, 0.5) is 13.6 Å². The van der Waals surface area contributed by atoms with Gasteiger partial charge in [0.15, 0.2) is 0 Å². The Morgan fingerprint density at radius 1 is 1.53 bits per heavy atom. The highest BCUT2D eigenvalue weighted by atomic mass is 19.3. The summed E-state index contributed by atoms with van der Waals surface area (Å²) in [6.45, 7) is 0.0204. The average molecular weight is 263 g/mol. The number of hydrogen-bond donors (Lipinski definition) is 1. The van der Waals surface area contributed by atoms with Gasteiger partial charge in [0.05, 0.1) is 6.54 Å². The van der Waals surface area contributed by atoms with Gasteiger partial charge >= 0.3 is 6.03 Å². The minimum Gasteiger partial charge on any atom is -0.385 e. The van der Waals surface area contributed by atoms with E-state index < -0.39 is 18.5 Å². The molecule has 1 aliphatic rings. The lowest BCUT2D eigenvalue weighted by Crippen LogP contribution is -2.33. The molecule has 1 aromatic rings. The molecule has 2 amide bonds. The number of amides is 2. The van der Waals surface area contributed by atoms with Crippen LogP contribution in [0.2, 0.25) is 0 Å². The van der Waals surface area contributed by atoms with Crippen molar-refractivity contribution in [2.45, 2.75) is 12.5 Å². The monoisotopic (exact) mass is 263 g/mol. The van der Waals surface area contributed by atoms with Gasteiger partial charge in [0.1, 0.15) is 11.9 Å². The smallest absolute Gasteiger partial charge is 0.346 e. The van der Waals surface area contributed by atoms with Crippen LogP contribution < -0.4 is 5.73 Å². The van der Waals surface area contributed by atoms with E-state index in [0.29, 0.717) is 5.56 Å². The van der Waals surface area contributed by atoms with E-state index in [-0.39, 0.29) is 17.9 Å². The lowest BCUT2D eigenvalue weighted by atomic mass is 10.0. The number of urea groups is 1. The van der Waals surface area contributed by atoms with E-state index in [1.165, 1.54) is 23.1 Å². The van der Waals surface area contributed by atoms with Crippen molar-refractivity contribution in [1.82, 2.24) is 4.90 Å². The minimum atomic E-state index is -2.59. The summed E-state index contributed by atoms with van der Waals surface area (Å²) in [5, 5.41) is 0. The van der Waals surface area contributed by atoms with Crippen molar-refractivity contribution in [3.8, 4) is 12.3 Å². The highest BCUT2D eigenvalue weighted by molar-refractivity contribution is 6.03. The highest BCUT2D eigenvalue weighted by Gasteiger charge is 2.34. The minimum absolute atomic E-state index is 0.0204. The Bertz CT molecular complexity index is 577. The largest absolute Gasteiger partial charge is 0.385 e. The Morgan fingerprint density at radius 3 is 2.89 bits per heavy atom. The van der Waals surface area contributed by atoms with E-state index in [2.05, 4.69) is 10.9 Å². The lowest BCUT2D eigenvalue weighted by molar-refractivity contribution is 0.151. The van der Waals surface area contributed by atoms with Crippen molar-refractivity contribution in [1.29, 1.82) is 0 Å². The zero-order valence-electron chi connectivity index (χ0n) is 9.88. The summed E-state index contributed by atoms with van der Waals surface area (Å²) in [5.74, 6) is 2.39. The molecular weight excluding hydrogens is 252 g/mol. The van der Waals surface area contributed by atoms with Crippen LogP contribution in [0.1, 0.15) is 23.6 Å². The van der Waals surface area contributed by atoms with E-state index in [1.54, 1.807) is 6.07 Å². The van der Waals surface area contributed by atoms with E-state index in [0.717, 1.165) is 0 Å². The predicted octanol–water partition coefficient (Wildman–Crippen LogP) is 2.09. The third kappa shape index (κ3) is 2.40. The number of terminal acetylenes is 1. The molecule has 0 spiro atoms. The Morgan fingerprint density at radius 2 is 2.26 bits per heavy atom. The molecule has 4 nitrogen and oxygen atoms in total. The summed E-state index contributed by atoms with van der Waals surface area (Å²) >= 11 is 0. The van der Waals surface area contributed by atoms with Gasteiger partial charge in [-0.25, -0.2) is 13.6 Å². The summed E-state index contributed by atoms with van der Waals surface area (Å²) in [7, 11) is 0. The number of carbonyl (C=O) groups is 1. The number of nitrogens with zero attached hydrogens (tertiary/aromatic N) is 2. The molecule has 19 heavy (non-hydrogen) atoms.